The molecule has 0 saturated carbocycles. The van der Waals surface area contributed by atoms with Crippen LogP contribution >= 0.6 is 11.6 Å². The fourth-order valence-corrected chi connectivity index (χ4v) is 4.24. The minimum Gasteiger partial charge on any atom is -0.444 e. The maximum Gasteiger partial charge on any atom is 0.410 e. The van der Waals surface area contributed by atoms with Crippen LogP contribution in [0.2, 0.25) is 0 Å². The van der Waals surface area contributed by atoms with E-state index in [1.165, 1.54) is 4.90 Å². The van der Waals surface area contributed by atoms with Gasteiger partial charge in [0, 0.05) is 43.7 Å². The van der Waals surface area contributed by atoms with Gasteiger partial charge in [-0.1, -0.05) is 31.2 Å². The van der Waals surface area contributed by atoms with Crippen molar-refractivity contribution in [1.82, 2.24) is 14.3 Å². The molecule has 0 N–H and O–H groups in total. The summed E-state index contributed by atoms with van der Waals surface area (Å²) >= 11 is 6.65. The van der Waals surface area contributed by atoms with E-state index in [0.717, 1.165) is 22.5 Å². The van der Waals surface area contributed by atoms with Gasteiger partial charge in [0.25, 0.3) is 0 Å². The third kappa shape index (κ3) is 5.67. The van der Waals surface area contributed by atoms with E-state index in [9.17, 15) is 4.79 Å². The van der Waals surface area contributed by atoms with Crippen LogP contribution in [0.5, 0.6) is 0 Å². The Morgan fingerprint density at radius 3 is 2.48 bits per heavy atom. The highest BCUT2D eigenvalue weighted by Gasteiger charge is 2.38. The summed E-state index contributed by atoms with van der Waals surface area (Å²) in [5.74, 6) is 0. The van der Waals surface area contributed by atoms with Crippen molar-refractivity contribution in [1.29, 1.82) is 0 Å². The van der Waals surface area contributed by atoms with Crippen molar-refractivity contribution in [3.05, 3.63) is 60.0 Å². The molecule has 5 nitrogen and oxygen atoms in total. The van der Waals surface area contributed by atoms with Gasteiger partial charge < -0.3 is 14.0 Å². The molecule has 0 aliphatic heterocycles. The zero-order valence-corrected chi connectivity index (χ0v) is 21.0. The second-order valence-corrected chi connectivity index (χ2v) is 9.95. The van der Waals surface area contributed by atoms with Gasteiger partial charge in [-0.25, -0.2) is 14.2 Å². The molecule has 0 aliphatic carbocycles. The number of ether oxygens (including phenoxy) is 1. The number of carbonyl (C=O) groups excluding carboxylic acids is 1. The molecular formula is C26H33ClFN3O2. The molecule has 2 unspecified atom stereocenters. The standard InChI is InChI=1S/C26H33ClFN3O2/c1-7-26(28,14-16-30(6)24(32)33-25(3,4)5)23(27)20-10-8-19(9-11-20)21-12-13-22-29-15-17-31(22)18(21)2/h8-13,15,17,23H,7,14,16H2,1-6H3. The lowest BCUT2D eigenvalue weighted by Gasteiger charge is -2.32. The fraction of sp³-hybridized carbons (Fsp3) is 0.462. The molecule has 2 aromatic heterocycles. The molecule has 1 amide bonds. The topological polar surface area (TPSA) is 46.8 Å². The van der Waals surface area contributed by atoms with Gasteiger partial charge in [-0.3, -0.25) is 0 Å². The normalized spacial score (nSPS) is 14.7. The zero-order valence-electron chi connectivity index (χ0n) is 20.2. The highest BCUT2D eigenvalue weighted by molar-refractivity contribution is 6.21. The van der Waals surface area contributed by atoms with E-state index in [2.05, 4.69) is 4.98 Å². The summed E-state index contributed by atoms with van der Waals surface area (Å²) in [7, 11) is 1.61. The van der Waals surface area contributed by atoms with E-state index in [1.807, 2.05) is 53.9 Å². The van der Waals surface area contributed by atoms with E-state index in [4.69, 9.17) is 16.3 Å². The summed E-state index contributed by atoms with van der Waals surface area (Å²) in [6.45, 7) is 9.45. The summed E-state index contributed by atoms with van der Waals surface area (Å²) < 4.78 is 23.3. The number of amides is 1. The van der Waals surface area contributed by atoms with Crippen LogP contribution in [0.4, 0.5) is 9.18 Å². The number of benzene rings is 1. The maximum absolute atomic E-state index is 15.9. The van der Waals surface area contributed by atoms with Crippen molar-refractivity contribution in [2.75, 3.05) is 13.6 Å². The van der Waals surface area contributed by atoms with Crippen molar-refractivity contribution < 1.29 is 13.9 Å². The van der Waals surface area contributed by atoms with Crippen molar-refractivity contribution in [3.63, 3.8) is 0 Å². The molecule has 0 saturated heterocycles. The van der Waals surface area contributed by atoms with Gasteiger partial charge in [-0.05, 0) is 57.4 Å². The molecule has 178 valence electrons. The van der Waals surface area contributed by atoms with Gasteiger partial charge in [-0.2, -0.15) is 0 Å². The van der Waals surface area contributed by atoms with Crippen LogP contribution in [-0.2, 0) is 4.74 Å². The van der Waals surface area contributed by atoms with Crippen LogP contribution in [-0.4, -0.2) is 45.2 Å². The number of carbonyl (C=O) groups is 1. The van der Waals surface area contributed by atoms with Gasteiger partial charge in [0.15, 0.2) is 0 Å². The number of rotatable bonds is 7. The van der Waals surface area contributed by atoms with Gasteiger partial charge in [-0.15, -0.1) is 11.6 Å². The predicted molar refractivity (Wildman–Crippen MR) is 132 cm³/mol. The van der Waals surface area contributed by atoms with Crippen LogP contribution < -0.4 is 0 Å². The summed E-state index contributed by atoms with van der Waals surface area (Å²) in [6, 6.07) is 11.7. The first-order valence-electron chi connectivity index (χ1n) is 11.3. The second-order valence-electron chi connectivity index (χ2n) is 9.51. The van der Waals surface area contributed by atoms with Crippen molar-refractivity contribution >= 4 is 23.3 Å². The Bertz CT molecular complexity index is 1110. The molecule has 33 heavy (non-hydrogen) atoms. The van der Waals surface area contributed by atoms with Crippen molar-refractivity contribution in [2.24, 2.45) is 0 Å². The van der Waals surface area contributed by atoms with Crippen molar-refractivity contribution in [3.8, 4) is 11.1 Å². The number of fused-ring (bicyclic) bond motifs is 1. The van der Waals surface area contributed by atoms with Crippen LogP contribution in [0.1, 0.15) is 57.2 Å². The van der Waals surface area contributed by atoms with Crippen LogP contribution in [0.3, 0.4) is 0 Å². The largest absolute Gasteiger partial charge is 0.444 e. The summed E-state index contributed by atoms with van der Waals surface area (Å²) in [5, 5.41) is -0.833. The predicted octanol–water partition coefficient (Wildman–Crippen LogP) is 6.96. The van der Waals surface area contributed by atoms with Gasteiger partial charge in [0.05, 0.1) is 5.38 Å². The number of aryl methyl sites for hydroxylation is 1. The molecule has 0 radical (unpaired) electrons. The number of pyridine rings is 1. The van der Waals surface area contributed by atoms with E-state index >= 15 is 4.39 Å². The minimum absolute atomic E-state index is 0.117. The average Bonchev–Trinajstić information content (AvgIpc) is 3.26. The molecule has 0 spiro atoms. The number of hydrogen-bond donors (Lipinski definition) is 0. The lowest BCUT2D eigenvalue weighted by atomic mass is 9.89. The fourth-order valence-electron chi connectivity index (χ4n) is 3.83. The Balaban J connectivity index is 1.73. The Morgan fingerprint density at radius 1 is 1.21 bits per heavy atom. The summed E-state index contributed by atoms with van der Waals surface area (Å²) in [4.78, 5) is 17.9. The number of alkyl halides is 2. The van der Waals surface area contributed by atoms with Crippen LogP contribution in [0.25, 0.3) is 16.8 Å². The molecule has 0 bridgehead atoms. The number of imidazole rings is 1. The molecule has 3 aromatic rings. The Hall–Kier alpha value is -2.60. The lowest BCUT2D eigenvalue weighted by Crippen LogP contribution is -2.38. The molecule has 1 aromatic carbocycles. The van der Waals surface area contributed by atoms with Crippen LogP contribution in [0, 0.1) is 6.92 Å². The highest BCUT2D eigenvalue weighted by Crippen LogP contribution is 2.41. The molecule has 3 rings (SSSR count). The van der Waals surface area contributed by atoms with Crippen LogP contribution in [0.15, 0.2) is 48.8 Å². The lowest BCUT2D eigenvalue weighted by molar-refractivity contribution is 0.0256. The quantitative estimate of drug-likeness (QED) is 0.348. The Labute approximate surface area is 200 Å². The molecule has 0 fully saturated rings. The molecule has 7 heteroatoms. The first-order valence-corrected chi connectivity index (χ1v) is 11.7. The smallest absolute Gasteiger partial charge is 0.410 e. The number of halogens is 2. The van der Waals surface area contributed by atoms with E-state index < -0.39 is 22.7 Å². The number of aromatic nitrogens is 2. The average molecular weight is 474 g/mol. The number of nitrogens with zero attached hydrogens (tertiary/aromatic N) is 3. The van der Waals surface area contributed by atoms with Crippen molar-refractivity contribution in [2.45, 2.75) is 64.1 Å². The Morgan fingerprint density at radius 2 is 1.88 bits per heavy atom. The van der Waals surface area contributed by atoms with E-state index in [0.29, 0.717) is 5.56 Å². The molecule has 0 aliphatic rings. The SMILES string of the molecule is CCC(F)(CCN(C)C(=O)OC(C)(C)C)C(Cl)c1ccc(-c2ccc3nccn3c2C)cc1. The second kappa shape index (κ2) is 9.72. The number of hydrogen-bond acceptors (Lipinski definition) is 3. The monoisotopic (exact) mass is 473 g/mol. The van der Waals surface area contributed by atoms with Gasteiger partial charge >= 0.3 is 6.09 Å². The highest BCUT2D eigenvalue weighted by atomic mass is 35.5. The summed E-state index contributed by atoms with van der Waals surface area (Å²) in [5.41, 5.74) is 2.55. The third-order valence-corrected chi connectivity index (χ3v) is 6.59. The maximum atomic E-state index is 15.9. The van der Waals surface area contributed by atoms with Gasteiger partial charge in [0.2, 0.25) is 0 Å². The third-order valence-electron chi connectivity index (χ3n) is 5.94. The van der Waals surface area contributed by atoms with E-state index in [-0.39, 0.29) is 19.4 Å². The molecule has 2 heterocycles. The van der Waals surface area contributed by atoms with Gasteiger partial charge in [0.1, 0.15) is 16.9 Å². The molecular weight excluding hydrogens is 441 g/mol. The Kier molecular flexibility index (Phi) is 7.37. The minimum atomic E-state index is -1.66. The van der Waals surface area contributed by atoms with E-state index in [1.54, 1.807) is 40.9 Å². The summed E-state index contributed by atoms with van der Waals surface area (Å²) in [6.07, 6.45) is 3.60. The first-order chi connectivity index (χ1) is 15.4. The zero-order chi connectivity index (χ0) is 24.4. The molecule has 2 atom stereocenters. The first kappa shape index (κ1) is 25.0.